The maximum absolute atomic E-state index is 13.6. The zero-order valence-corrected chi connectivity index (χ0v) is 25.4. The molecule has 7 heteroatoms. The monoisotopic (exact) mass is 571 g/mol. The second-order valence-corrected chi connectivity index (χ2v) is 11.3. The number of methoxy groups -OCH3 is 1. The third-order valence-electron chi connectivity index (χ3n) is 8.52. The Balaban J connectivity index is 1.69. The number of likely N-dealkylation sites (tertiary alicyclic amines) is 1. The number of aryl methyl sites for hydroxylation is 2. The van der Waals surface area contributed by atoms with Crippen LogP contribution in [0.1, 0.15) is 65.2 Å². The van der Waals surface area contributed by atoms with E-state index >= 15 is 0 Å². The molecule has 2 atom stereocenters. The van der Waals surface area contributed by atoms with Gasteiger partial charge in [0, 0.05) is 37.7 Å². The maximum atomic E-state index is 13.6. The minimum atomic E-state index is -1.21. The van der Waals surface area contributed by atoms with Crippen LogP contribution in [0.25, 0.3) is 11.1 Å². The molecule has 0 spiro atoms. The number of aliphatic hydroxyl groups is 1. The Labute approximate surface area is 250 Å². The third kappa shape index (κ3) is 7.20. The molecular formula is C35H45N3O4. The van der Waals surface area contributed by atoms with Crippen molar-refractivity contribution in [2.45, 2.75) is 58.1 Å². The summed E-state index contributed by atoms with van der Waals surface area (Å²) in [5.74, 6) is -0.183. The molecule has 3 aromatic rings. The van der Waals surface area contributed by atoms with Gasteiger partial charge >= 0.3 is 6.09 Å². The van der Waals surface area contributed by atoms with Crippen LogP contribution in [-0.4, -0.2) is 55.8 Å². The van der Waals surface area contributed by atoms with E-state index in [1.54, 1.807) is 0 Å². The smallest absolute Gasteiger partial charge is 0.406 e. The summed E-state index contributed by atoms with van der Waals surface area (Å²) in [5, 5.41) is 18.7. The van der Waals surface area contributed by atoms with Gasteiger partial charge in [-0.05, 0) is 91.6 Å². The number of ether oxygens (including phenoxy) is 1. The number of benzene rings is 3. The molecule has 4 rings (SSSR count). The highest BCUT2D eigenvalue weighted by molar-refractivity contribution is 5.94. The second kappa shape index (κ2) is 14.5. The molecule has 1 saturated heterocycles. The number of amides is 2. The molecule has 0 bridgehead atoms. The first-order valence-corrected chi connectivity index (χ1v) is 15.1. The molecule has 3 aromatic carbocycles. The summed E-state index contributed by atoms with van der Waals surface area (Å²) in [6.07, 6.45) is 3.05. The molecule has 3 N–H and O–H groups in total. The van der Waals surface area contributed by atoms with Crippen molar-refractivity contribution in [2.24, 2.45) is 5.92 Å². The molecule has 7 nitrogen and oxygen atoms in total. The van der Waals surface area contributed by atoms with Gasteiger partial charge in [-0.3, -0.25) is 4.79 Å². The number of rotatable bonds is 11. The number of alkyl carbamates (subject to hydrolysis) is 1. The Hall–Kier alpha value is -3.68. The lowest BCUT2D eigenvalue weighted by Gasteiger charge is -2.44. The SMILES string of the molecule is CCc1cccc(-c2c(C)cccc2[C@](O)(CCCNC(=O)OC)[C@@H]2CCCN(C(=O)c3ccc(CNC)cc3)C2)c1. The first-order valence-electron chi connectivity index (χ1n) is 15.1. The molecule has 2 amide bonds. The second-order valence-electron chi connectivity index (χ2n) is 11.3. The summed E-state index contributed by atoms with van der Waals surface area (Å²) in [6, 6.07) is 22.4. The highest BCUT2D eigenvalue weighted by atomic mass is 16.5. The van der Waals surface area contributed by atoms with Gasteiger partial charge < -0.3 is 25.4 Å². The molecule has 0 radical (unpaired) electrons. The fraction of sp³-hybridized carbons (Fsp3) is 0.429. The van der Waals surface area contributed by atoms with Crippen LogP contribution in [0.15, 0.2) is 66.7 Å². The quantitative estimate of drug-likeness (QED) is 0.252. The van der Waals surface area contributed by atoms with Crippen molar-refractivity contribution in [2.75, 3.05) is 33.8 Å². The summed E-state index contributed by atoms with van der Waals surface area (Å²) < 4.78 is 4.74. The highest BCUT2D eigenvalue weighted by Gasteiger charge is 2.42. The van der Waals surface area contributed by atoms with E-state index in [4.69, 9.17) is 4.74 Å². The summed E-state index contributed by atoms with van der Waals surface area (Å²) >= 11 is 0. The fourth-order valence-corrected chi connectivity index (χ4v) is 6.24. The Kier molecular flexibility index (Phi) is 10.8. The van der Waals surface area contributed by atoms with Gasteiger partial charge in [0.25, 0.3) is 5.91 Å². The first-order chi connectivity index (χ1) is 20.3. The van der Waals surface area contributed by atoms with Crippen molar-refractivity contribution in [1.29, 1.82) is 0 Å². The van der Waals surface area contributed by atoms with E-state index < -0.39 is 11.7 Å². The molecule has 0 aliphatic carbocycles. The number of piperidine rings is 1. The van der Waals surface area contributed by atoms with Crippen molar-refractivity contribution in [3.05, 3.63) is 94.5 Å². The molecular weight excluding hydrogens is 526 g/mol. The molecule has 0 saturated carbocycles. The van der Waals surface area contributed by atoms with Gasteiger partial charge in [-0.2, -0.15) is 0 Å². The van der Waals surface area contributed by atoms with Gasteiger partial charge in [0.05, 0.1) is 12.7 Å². The van der Waals surface area contributed by atoms with Crippen LogP contribution < -0.4 is 10.6 Å². The van der Waals surface area contributed by atoms with Crippen LogP contribution in [0.4, 0.5) is 4.79 Å². The van der Waals surface area contributed by atoms with Gasteiger partial charge in [0.1, 0.15) is 0 Å². The van der Waals surface area contributed by atoms with Gasteiger partial charge in [-0.1, -0.05) is 61.5 Å². The van der Waals surface area contributed by atoms with Gasteiger partial charge in [-0.25, -0.2) is 4.79 Å². The summed E-state index contributed by atoms with van der Waals surface area (Å²) in [7, 11) is 3.25. The average Bonchev–Trinajstić information content (AvgIpc) is 3.03. The van der Waals surface area contributed by atoms with Crippen LogP contribution >= 0.6 is 0 Å². The van der Waals surface area contributed by atoms with E-state index in [9.17, 15) is 14.7 Å². The Morgan fingerprint density at radius 2 is 1.83 bits per heavy atom. The predicted octanol–water partition coefficient (Wildman–Crippen LogP) is 5.82. The number of nitrogens with one attached hydrogen (secondary N) is 2. The van der Waals surface area contributed by atoms with Crippen molar-refractivity contribution in [3.63, 3.8) is 0 Å². The third-order valence-corrected chi connectivity index (χ3v) is 8.52. The molecule has 1 aliphatic rings. The largest absolute Gasteiger partial charge is 0.453 e. The minimum Gasteiger partial charge on any atom is -0.453 e. The molecule has 1 aliphatic heterocycles. The van der Waals surface area contributed by atoms with Crippen LogP contribution in [-0.2, 0) is 23.3 Å². The summed E-state index contributed by atoms with van der Waals surface area (Å²) in [5.41, 5.74) is 5.91. The summed E-state index contributed by atoms with van der Waals surface area (Å²) in [4.78, 5) is 27.2. The fourth-order valence-electron chi connectivity index (χ4n) is 6.24. The van der Waals surface area contributed by atoms with E-state index in [2.05, 4.69) is 54.8 Å². The maximum Gasteiger partial charge on any atom is 0.406 e. The molecule has 42 heavy (non-hydrogen) atoms. The van der Waals surface area contributed by atoms with E-state index in [1.807, 2.05) is 48.3 Å². The first kappa shape index (κ1) is 31.3. The van der Waals surface area contributed by atoms with Crippen molar-refractivity contribution >= 4 is 12.0 Å². The summed E-state index contributed by atoms with van der Waals surface area (Å²) in [6.45, 7) is 6.48. The number of carbonyl (C=O) groups excluding carboxylic acids is 2. The minimum absolute atomic E-state index is 0.00877. The molecule has 0 aromatic heterocycles. The lowest BCUT2D eigenvalue weighted by atomic mass is 9.71. The number of hydrogen-bond donors (Lipinski definition) is 3. The molecule has 0 unspecified atom stereocenters. The van der Waals surface area contributed by atoms with E-state index in [-0.39, 0.29) is 11.8 Å². The van der Waals surface area contributed by atoms with Gasteiger partial charge in [-0.15, -0.1) is 0 Å². The lowest BCUT2D eigenvalue weighted by molar-refractivity contribution is -0.0563. The molecule has 1 heterocycles. The number of hydrogen-bond acceptors (Lipinski definition) is 5. The Bertz CT molecular complexity index is 1360. The van der Waals surface area contributed by atoms with Crippen LogP contribution in [0, 0.1) is 12.8 Å². The van der Waals surface area contributed by atoms with Crippen molar-refractivity contribution in [3.8, 4) is 11.1 Å². The van der Waals surface area contributed by atoms with Crippen LogP contribution in [0.3, 0.4) is 0 Å². The average molecular weight is 572 g/mol. The van der Waals surface area contributed by atoms with E-state index in [0.717, 1.165) is 53.6 Å². The predicted molar refractivity (Wildman–Crippen MR) is 167 cm³/mol. The standard InChI is InChI=1S/C35H45N3O4/c1-5-26-11-7-12-29(22-26)32-25(2)10-6-14-31(32)35(41,19-9-20-37-34(40)42-4)30-13-8-21-38(24-30)33(39)28-17-15-27(16-18-28)23-36-3/h6-7,10-12,14-18,22,30,36,41H,5,8-9,13,19-21,23-24H2,1-4H3,(H,37,40)/t30-,35+/m1/s1. The molecule has 224 valence electrons. The molecule has 1 fully saturated rings. The number of carbonyl (C=O) groups is 2. The van der Waals surface area contributed by atoms with Gasteiger partial charge in [0.2, 0.25) is 0 Å². The normalized spacial score (nSPS) is 16.5. The Morgan fingerprint density at radius 3 is 2.55 bits per heavy atom. The van der Waals surface area contributed by atoms with Crippen molar-refractivity contribution < 1.29 is 19.4 Å². The topological polar surface area (TPSA) is 90.9 Å². The van der Waals surface area contributed by atoms with Crippen molar-refractivity contribution in [1.82, 2.24) is 15.5 Å². The van der Waals surface area contributed by atoms with E-state index in [0.29, 0.717) is 38.0 Å². The zero-order valence-electron chi connectivity index (χ0n) is 25.4. The van der Waals surface area contributed by atoms with E-state index in [1.165, 1.54) is 12.7 Å². The van der Waals surface area contributed by atoms with Gasteiger partial charge in [0.15, 0.2) is 0 Å². The lowest BCUT2D eigenvalue weighted by Crippen LogP contribution is -2.48. The van der Waals surface area contributed by atoms with Crippen LogP contribution in [0.5, 0.6) is 0 Å². The van der Waals surface area contributed by atoms with Crippen LogP contribution in [0.2, 0.25) is 0 Å². The zero-order chi connectivity index (χ0) is 30.1. The Morgan fingerprint density at radius 1 is 1.07 bits per heavy atom. The highest BCUT2D eigenvalue weighted by Crippen LogP contribution is 2.44. The number of nitrogens with zero attached hydrogens (tertiary/aromatic N) is 1.